The molecule has 0 atom stereocenters. The van der Waals surface area contributed by atoms with Crippen LogP contribution in [0.1, 0.15) is 16.7 Å². The highest BCUT2D eigenvalue weighted by molar-refractivity contribution is 6.04. The Morgan fingerprint density at radius 3 is 2.52 bits per heavy atom. The monoisotopic (exact) mass is 398 g/mol. The van der Waals surface area contributed by atoms with Gasteiger partial charge in [-0.1, -0.05) is 48.5 Å². The van der Waals surface area contributed by atoms with Gasteiger partial charge in [-0.15, -0.1) is 0 Å². The second kappa shape index (κ2) is 6.58. The first-order valence-electron chi connectivity index (χ1n) is 10.2. The van der Waals surface area contributed by atoms with Gasteiger partial charge >= 0.3 is 0 Å². The number of pyridine rings is 1. The largest absolute Gasteiger partial charge is 0.351 e. The standard InChI is InChI=1S/C27H18N4/c1-30-15-14-18(19-8-2-5-11-24(19)30)16-21-20-9-3-6-12-25(20)31-26-13-7-4-10-23(26)29-27(31)22(21)17-28/h2-16H,1H3. The zero-order chi connectivity index (χ0) is 20.9. The molecule has 31 heavy (non-hydrogen) atoms. The van der Waals surface area contributed by atoms with Gasteiger partial charge in [0.2, 0.25) is 0 Å². The zero-order valence-electron chi connectivity index (χ0n) is 16.9. The molecule has 0 N–H and O–H groups in total. The number of nitriles is 1. The molecule has 5 aromatic rings. The van der Waals surface area contributed by atoms with Gasteiger partial charge in [0, 0.05) is 35.4 Å². The van der Waals surface area contributed by atoms with E-state index in [0.29, 0.717) is 11.2 Å². The maximum atomic E-state index is 10.2. The first kappa shape index (κ1) is 17.5. The van der Waals surface area contributed by atoms with Crippen molar-refractivity contribution >= 4 is 44.9 Å². The van der Waals surface area contributed by atoms with E-state index in [0.717, 1.165) is 44.3 Å². The Balaban J connectivity index is 1.75. The summed E-state index contributed by atoms with van der Waals surface area (Å²) in [6.45, 7) is 0. The molecule has 0 radical (unpaired) electrons. The molecule has 0 amide bonds. The number of benzene rings is 3. The van der Waals surface area contributed by atoms with Crippen LogP contribution in [0, 0.1) is 11.3 Å². The fourth-order valence-electron chi connectivity index (χ4n) is 4.52. The highest BCUT2D eigenvalue weighted by Gasteiger charge is 2.19. The van der Waals surface area contributed by atoms with Crippen LogP contribution in [0.2, 0.25) is 0 Å². The summed E-state index contributed by atoms with van der Waals surface area (Å²) >= 11 is 0. The average Bonchev–Trinajstić information content (AvgIpc) is 3.20. The van der Waals surface area contributed by atoms with Crippen molar-refractivity contribution in [1.82, 2.24) is 9.38 Å². The molecule has 1 aliphatic rings. The molecule has 0 saturated heterocycles. The van der Waals surface area contributed by atoms with Gasteiger partial charge in [0.15, 0.2) is 5.65 Å². The Morgan fingerprint density at radius 1 is 0.903 bits per heavy atom. The normalized spacial score (nSPS) is 14.5. The zero-order valence-corrected chi connectivity index (χ0v) is 16.9. The van der Waals surface area contributed by atoms with E-state index in [4.69, 9.17) is 4.98 Å². The molecule has 1 aliphatic heterocycles. The SMILES string of the molecule is CN1C=CC(=Cc2c(C#N)c3nc4ccccc4n3c3ccccc23)c2ccccc21. The summed E-state index contributed by atoms with van der Waals surface area (Å²) in [5.41, 5.74) is 8.50. The molecular formula is C27H18N4. The van der Waals surface area contributed by atoms with Crippen molar-refractivity contribution < 1.29 is 0 Å². The Morgan fingerprint density at radius 2 is 1.65 bits per heavy atom. The van der Waals surface area contributed by atoms with Crippen LogP contribution in [0.4, 0.5) is 5.69 Å². The molecule has 3 heterocycles. The Hall–Kier alpha value is -4.36. The minimum Gasteiger partial charge on any atom is -0.351 e. The van der Waals surface area contributed by atoms with Crippen molar-refractivity contribution in [2.45, 2.75) is 0 Å². The van der Waals surface area contributed by atoms with Gasteiger partial charge < -0.3 is 4.90 Å². The average molecular weight is 398 g/mol. The van der Waals surface area contributed by atoms with E-state index >= 15 is 0 Å². The molecule has 4 heteroatoms. The van der Waals surface area contributed by atoms with Crippen LogP contribution >= 0.6 is 0 Å². The molecule has 0 bridgehead atoms. The van der Waals surface area contributed by atoms with Crippen molar-refractivity contribution in [3.63, 3.8) is 0 Å². The summed E-state index contributed by atoms with van der Waals surface area (Å²) in [5, 5.41) is 11.2. The summed E-state index contributed by atoms with van der Waals surface area (Å²) < 4.78 is 2.10. The number of aromatic nitrogens is 2. The topological polar surface area (TPSA) is 44.3 Å². The van der Waals surface area contributed by atoms with Gasteiger partial charge in [0.25, 0.3) is 0 Å². The molecule has 0 fully saturated rings. The number of anilines is 1. The summed E-state index contributed by atoms with van der Waals surface area (Å²) in [7, 11) is 2.05. The van der Waals surface area contributed by atoms with Crippen molar-refractivity contribution in [2.24, 2.45) is 0 Å². The molecule has 2 aromatic heterocycles. The number of allylic oxidation sites excluding steroid dienone is 2. The highest BCUT2D eigenvalue weighted by Crippen LogP contribution is 2.36. The first-order valence-corrected chi connectivity index (χ1v) is 10.2. The van der Waals surface area contributed by atoms with Gasteiger partial charge in [0.05, 0.1) is 16.6 Å². The molecule has 0 unspecified atom stereocenters. The maximum absolute atomic E-state index is 10.2. The van der Waals surface area contributed by atoms with Crippen molar-refractivity contribution in [3.8, 4) is 6.07 Å². The number of hydrogen-bond donors (Lipinski definition) is 0. The number of fused-ring (bicyclic) bond motifs is 6. The van der Waals surface area contributed by atoms with Crippen LogP contribution in [0.5, 0.6) is 0 Å². The minimum absolute atomic E-state index is 0.590. The predicted octanol–water partition coefficient (Wildman–Crippen LogP) is 6.02. The molecule has 3 aromatic carbocycles. The molecular weight excluding hydrogens is 380 g/mol. The molecule has 0 spiro atoms. The quantitative estimate of drug-likeness (QED) is 0.347. The Labute approximate surface area is 179 Å². The van der Waals surface area contributed by atoms with Crippen molar-refractivity contribution in [1.29, 1.82) is 5.26 Å². The predicted molar refractivity (Wildman–Crippen MR) is 127 cm³/mol. The molecule has 6 rings (SSSR count). The number of rotatable bonds is 1. The second-order valence-electron chi connectivity index (χ2n) is 7.72. The van der Waals surface area contributed by atoms with E-state index in [-0.39, 0.29) is 0 Å². The van der Waals surface area contributed by atoms with Gasteiger partial charge in [0.1, 0.15) is 11.6 Å². The number of para-hydroxylation sites is 4. The fraction of sp³-hybridized carbons (Fsp3) is 0.0370. The van der Waals surface area contributed by atoms with E-state index in [2.05, 4.69) is 64.1 Å². The summed E-state index contributed by atoms with van der Waals surface area (Å²) in [5.74, 6) is 0. The summed E-state index contributed by atoms with van der Waals surface area (Å²) in [4.78, 5) is 6.94. The summed E-state index contributed by atoms with van der Waals surface area (Å²) in [6, 6.07) is 27.0. The van der Waals surface area contributed by atoms with Crippen molar-refractivity contribution in [3.05, 3.63) is 102 Å². The lowest BCUT2D eigenvalue weighted by Gasteiger charge is -2.24. The number of imidazole rings is 1. The summed E-state index contributed by atoms with van der Waals surface area (Å²) in [6.07, 6.45) is 6.29. The smallest absolute Gasteiger partial charge is 0.157 e. The lowest BCUT2D eigenvalue weighted by Crippen LogP contribution is -2.13. The van der Waals surface area contributed by atoms with Gasteiger partial charge in [-0.05, 0) is 42.0 Å². The number of hydrogen-bond acceptors (Lipinski definition) is 3. The third-order valence-electron chi connectivity index (χ3n) is 5.97. The van der Waals surface area contributed by atoms with E-state index in [9.17, 15) is 5.26 Å². The van der Waals surface area contributed by atoms with Crippen LogP contribution < -0.4 is 4.90 Å². The van der Waals surface area contributed by atoms with Crippen molar-refractivity contribution in [2.75, 3.05) is 11.9 Å². The van der Waals surface area contributed by atoms with Crippen LogP contribution in [0.3, 0.4) is 0 Å². The van der Waals surface area contributed by atoms with Crippen LogP contribution in [0.25, 0.3) is 39.2 Å². The van der Waals surface area contributed by atoms with Gasteiger partial charge in [-0.3, -0.25) is 4.40 Å². The van der Waals surface area contributed by atoms with E-state index in [1.54, 1.807) is 0 Å². The Bertz CT molecular complexity index is 1610. The first-order chi connectivity index (χ1) is 15.3. The van der Waals surface area contributed by atoms with Crippen LogP contribution in [-0.4, -0.2) is 16.4 Å². The lowest BCUT2D eigenvalue weighted by atomic mass is 9.95. The van der Waals surface area contributed by atoms with Gasteiger partial charge in [-0.2, -0.15) is 5.26 Å². The van der Waals surface area contributed by atoms with E-state index in [1.807, 2.05) is 49.5 Å². The van der Waals surface area contributed by atoms with Crippen LogP contribution in [0.15, 0.2) is 85.1 Å². The third-order valence-corrected chi connectivity index (χ3v) is 5.97. The Kier molecular flexibility index (Phi) is 3.71. The highest BCUT2D eigenvalue weighted by atomic mass is 15.1. The molecule has 0 aliphatic carbocycles. The fourth-order valence-corrected chi connectivity index (χ4v) is 4.52. The van der Waals surface area contributed by atoms with E-state index in [1.165, 1.54) is 0 Å². The minimum atomic E-state index is 0.590. The number of nitrogens with zero attached hydrogens (tertiary/aromatic N) is 4. The van der Waals surface area contributed by atoms with Crippen LogP contribution in [-0.2, 0) is 0 Å². The molecule has 146 valence electrons. The second-order valence-corrected chi connectivity index (χ2v) is 7.72. The molecule has 4 nitrogen and oxygen atoms in total. The third kappa shape index (κ3) is 2.50. The van der Waals surface area contributed by atoms with Gasteiger partial charge in [-0.25, -0.2) is 4.98 Å². The lowest BCUT2D eigenvalue weighted by molar-refractivity contribution is 1.18. The van der Waals surface area contributed by atoms with E-state index < -0.39 is 0 Å². The maximum Gasteiger partial charge on any atom is 0.157 e. The molecule has 0 saturated carbocycles.